The molecular weight excluding hydrogens is 278 g/mol. The molecule has 0 radical (unpaired) electrons. The SMILES string of the molecule is CC(C)(C)c1ccc2cc(N)c3ccc(C(C)(C)C)cc3c2c1. The molecule has 3 aromatic carbocycles. The monoisotopic (exact) mass is 305 g/mol. The number of anilines is 1. The van der Waals surface area contributed by atoms with Gasteiger partial charge < -0.3 is 5.73 Å². The van der Waals surface area contributed by atoms with Crippen molar-refractivity contribution in [2.75, 3.05) is 5.73 Å². The van der Waals surface area contributed by atoms with Gasteiger partial charge in [0.25, 0.3) is 0 Å². The van der Waals surface area contributed by atoms with E-state index in [1.165, 1.54) is 27.3 Å². The second kappa shape index (κ2) is 4.99. The molecule has 0 amide bonds. The molecule has 0 aliphatic carbocycles. The molecule has 0 heterocycles. The third kappa shape index (κ3) is 2.81. The third-order valence-electron chi connectivity index (χ3n) is 4.72. The fourth-order valence-corrected chi connectivity index (χ4v) is 3.11. The van der Waals surface area contributed by atoms with Gasteiger partial charge in [-0.25, -0.2) is 0 Å². The summed E-state index contributed by atoms with van der Waals surface area (Å²) in [5.74, 6) is 0. The van der Waals surface area contributed by atoms with Crippen LogP contribution < -0.4 is 5.73 Å². The van der Waals surface area contributed by atoms with Crippen LogP contribution in [-0.4, -0.2) is 0 Å². The Morgan fingerprint density at radius 3 is 1.70 bits per heavy atom. The van der Waals surface area contributed by atoms with Gasteiger partial charge in [-0.1, -0.05) is 65.8 Å². The predicted molar refractivity (Wildman–Crippen MR) is 103 cm³/mol. The standard InChI is InChI=1S/C22H27N/c1-21(2,3)15-8-7-14-11-20(23)17-10-9-16(22(4,5)6)13-19(17)18(14)12-15/h7-13H,23H2,1-6H3. The summed E-state index contributed by atoms with van der Waals surface area (Å²) in [6.45, 7) is 13.5. The Morgan fingerprint density at radius 1 is 0.609 bits per heavy atom. The van der Waals surface area contributed by atoms with Crippen LogP contribution >= 0.6 is 0 Å². The molecular formula is C22H27N. The van der Waals surface area contributed by atoms with E-state index in [9.17, 15) is 0 Å². The van der Waals surface area contributed by atoms with Crippen molar-refractivity contribution >= 4 is 27.2 Å². The molecule has 1 nitrogen and oxygen atoms in total. The maximum absolute atomic E-state index is 6.31. The lowest BCUT2D eigenvalue weighted by Gasteiger charge is -2.22. The van der Waals surface area contributed by atoms with E-state index < -0.39 is 0 Å². The normalized spacial score (nSPS) is 13.0. The smallest absolute Gasteiger partial charge is 0.0400 e. The highest BCUT2D eigenvalue weighted by Crippen LogP contribution is 2.36. The van der Waals surface area contributed by atoms with Gasteiger partial charge in [0.05, 0.1) is 0 Å². The number of hydrogen-bond donors (Lipinski definition) is 1. The van der Waals surface area contributed by atoms with E-state index in [1.807, 2.05) is 0 Å². The van der Waals surface area contributed by atoms with Crippen molar-refractivity contribution in [3.05, 3.63) is 53.6 Å². The average Bonchev–Trinajstić information content (AvgIpc) is 2.44. The highest BCUT2D eigenvalue weighted by Gasteiger charge is 2.17. The second-order valence-corrected chi connectivity index (χ2v) is 8.66. The maximum Gasteiger partial charge on any atom is 0.0400 e. The summed E-state index contributed by atoms with van der Waals surface area (Å²) in [7, 11) is 0. The van der Waals surface area contributed by atoms with Gasteiger partial charge in [0.2, 0.25) is 0 Å². The first-order chi connectivity index (χ1) is 10.6. The van der Waals surface area contributed by atoms with E-state index in [2.05, 4.69) is 84.0 Å². The topological polar surface area (TPSA) is 26.0 Å². The summed E-state index contributed by atoms with van der Waals surface area (Å²) in [4.78, 5) is 0. The quantitative estimate of drug-likeness (QED) is 0.390. The maximum atomic E-state index is 6.31. The van der Waals surface area contributed by atoms with Gasteiger partial charge in [-0.3, -0.25) is 0 Å². The van der Waals surface area contributed by atoms with Crippen molar-refractivity contribution in [3.8, 4) is 0 Å². The molecule has 0 spiro atoms. The van der Waals surface area contributed by atoms with Crippen molar-refractivity contribution in [1.82, 2.24) is 0 Å². The number of benzene rings is 3. The van der Waals surface area contributed by atoms with E-state index in [-0.39, 0.29) is 10.8 Å². The van der Waals surface area contributed by atoms with E-state index >= 15 is 0 Å². The molecule has 0 aliphatic rings. The van der Waals surface area contributed by atoms with Crippen molar-refractivity contribution in [2.45, 2.75) is 52.4 Å². The minimum atomic E-state index is 0.132. The second-order valence-electron chi connectivity index (χ2n) is 8.66. The minimum absolute atomic E-state index is 0.132. The summed E-state index contributed by atoms with van der Waals surface area (Å²) >= 11 is 0. The molecule has 2 N–H and O–H groups in total. The zero-order valence-electron chi connectivity index (χ0n) is 15.1. The summed E-state index contributed by atoms with van der Waals surface area (Å²) in [6.07, 6.45) is 0. The number of rotatable bonds is 0. The van der Waals surface area contributed by atoms with Gasteiger partial charge in [-0.15, -0.1) is 0 Å². The van der Waals surface area contributed by atoms with Gasteiger partial charge in [-0.2, -0.15) is 0 Å². The molecule has 120 valence electrons. The van der Waals surface area contributed by atoms with Crippen molar-refractivity contribution in [3.63, 3.8) is 0 Å². The Labute approximate surface area is 139 Å². The van der Waals surface area contributed by atoms with Gasteiger partial charge in [0.1, 0.15) is 0 Å². The molecule has 0 saturated heterocycles. The van der Waals surface area contributed by atoms with E-state index in [4.69, 9.17) is 5.73 Å². The Balaban J connectivity index is 2.42. The van der Waals surface area contributed by atoms with Crippen LogP contribution in [0.2, 0.25) is 0 Å². The van der Waals surface area contributed by atoms with Crippen LogP contribution in [0.4, 0.5) is 5.69 Å². The minimum Gasteiger partial charge on any atom is -0.398 e. The Bertz CT molecular complexity index is 890. The molecule has 0 atom stereocenters. The summed E-state index contributed by atoms with van der Waals surface area (Å²) in [5.41, 5.74) is 10.1. The van der Waals surface area contributed by atoms with Gasteiger partial charge in [-0.05, 0) is 56.3 Å². The van der Waals surface area contributed by atoms with Crippen LogP contribution in [0.3, 0.4) is 0 Å². The Morgan fingerprint density at radius 2 is 1.13 bits per heavy atom. The number of hydrogen-bond acceptors (Lipinski definition) is 1. The Hall–Kier alpha value is -2.02. The fraction of sp³-hybridized carbons (Fsp3) is 0.364. The average molecular weight is 305 g/mol. The van der Waals surface area contributed by atoms with E-state index in [0.717, 1.165) is 11.1 Å². The highest BCUT2D eigenvalue weighted by atomic mass is 14.6. The molecule has 23 heavy (non-hydrogen) atoms. The first kappa shape index (κ1) is 15.9. The van der Waals surface area contributed by atoms with E-state index in [0.29, 0.717) is 0 Å². The zero-order valence-corrected chi connectivity index (χ0v) is 15.1. The van der Waals surface area contributed by atoms with Crippen LogP contribution in [0.5, 0.6) is 0 Å². The van der Waals surface area contributed by atoms with Crippen molar-refractivity contribution in [1.29, 1.82) is 0 Å². The molecule has 1 heteroatoms. The first-order valence-electron chi connectivity index (χ1n) is 8.34. The largest absolute Gasteiger partial charge is 0.398 e. The van der Waals surface area contributed by atoms with Gasteiger partial charge >= 0.3 is 0 Å². The lowest BCUT2D eigenvalue weighted by molar-refractivity contribution is 0.590. The molecule has 3 rings (SSSR count). The molecule has 0 saturated carbocycles. The molecule has 3 aromatic rings. The zero-order chi connectivity index (χ0) is 17.0. The van der Waals surface area contributed by atoms with Crippen LogP contribution in [-0.2, 0) is 10.8 Å². The number of fused-ring (bicyclic) bond motifs is 3. The molecule has 0 aromatic heterocycles. The number of nitrogens with two attached hydrogens (primary N) is 1. The van der Waals surface area contributed by atoms with Crippen molar-refractivity contribution in [2.24, 2.45) is 0 Å². The molecule has 0 fully saturated rings. The first-order valence-corrected chi connectivity index (χ1v) is 8.34. The molecule has 0 unspecified atom stereocenters. The van der Waals surface area contributed by atoms with Crippen molar-refractivity contribution < 1.29 is 0 Å². The van der Waals surface area contributed by atoms with Crippen LogP contribution in [0.15, 0.2) is 42.5 Å². The molecule has 0 aliphatic heterocycles. The predicted octanol–water partition coefficient (Wildman–Crippen LogP) is 6.17. The van der Waals surface area contributed by atoms with Gasteiger partial charge in [0.15, 0.2) is 0 Å². The number of nitrogen functional groups attached to an aromatic ring is 1. The summed E-state index contributed by atoms with van der Waals surface area (Å²) < 4.78 is 0. The lowest BCUT2D eigenvalue weighted by atomic mass is 9.83. The van der Waals surface area contributed by atoms with Crippen LogP contribution in [0, 0.1) is 0 Å². The van der Waals surface area contributed by atoms with Crippen LogP contribution in [0.1, 0.15) is 52.7 Å². The summed E-state index contributed by atoms with van der Waals surface area (Å²) in [6, 6.07) is 15.6. The lowest BCUT2D eigenvalue weighted by Crippen LogP contribution is -2.11. The fourth-order valence-electron chi connectivity index (χ4n) is 3.11. The molecule has 0 bridgehead atoms. The van der Waals surface area contributed by atoms with Crippen LogP contribution in [0.25, 0.3) is 21.5 Å². The van der Waals surface area contributed by atoms with E-state index in [1.54, 1.807) is 0 Å². The third-order valence-corrected chi connectivity index (χ3v) is 4.72. The Kier molecular flexibility index (Phi) is 3.44. The summed E-state index contributed by atoms with van der Waals surface area (Å²) in [5, 5.41) is 4.93. The highest BCUT2D eigenvalue weighted by molar-refractivity contribution is 6.13. The van der Waals surface area contributed by atoms with Gasteiger partial charge in [0, 0.05) is 11.1 Å².